The first-order valence-electron chi connectivity index (χ1n) is 6.49. The summed E-state index contributed by atoms with van der Waals surface area (Å²) in [5.74, 6) is 0.831. The zero-order valence-electron chi connectivity index (χ0n) is 11.1. The first-order chi connectivity index (χ1) is 10.1. The van der Waals surface area contributed by atoms with Gasteiger partial charge in [-0.15, -0.1) is 0 Å². The van der Waals surface area contributed by atoms with Gasteiger partial charge < -0.3 is 10.5 Å². The van der Waals surface area contributed by atoms with Crippen LogP contribution in [0, 0.1) is 0 Å². The minimum Gasteiger partial charge on any atom is -0.488 e. The maximum atomic E-state index is 5.93. The number of ether oxygens (including phenoxy) is 1. The molecule has 0 saturated heterocycles. The van der Waals surface area contributed by atoms with Crippen LogP contribution in [0.15, 0.2) is 63.5 Å². The lowest BCUT2D eigenvalue weighted by atomic mass is 10.1. The highest BCUT2D eigenvalue weighted by Gasteiger charge is 2.07. The van der Waals surface area contributed by atoms with E-state index in [1.165, 1.54) is 5.39 Å². The summed E-state index contributed by atoms with van der Waals surface area (Å²) in [5, 5.41) is 2.33. The van der Waals surface area contributed by atoms with Crippen molar-refractivity contribution in [3.05, 3.63) is 69.1 Å². The van der Waals surface area contributed by atoms with Crippen LogP contribution in [0.5, 0.6) is 5.75 Å². The van der Waals surface area contributed by atoms with Gasteiger partial charge >= 0.3 is 0 Å². The topological polar surface area (TPSA) is 35.2 Å². The lowest BCUT2D eigenvalue weighted by Gasteiger charge is -2.11. The Morgan fingerprint density at radius 3 is 2.57 bits per heavy atom. The third kappa shape index (κ3) is 3.06. The number of hydrogen-bond donors (Lipinski definition) is 1. The van der Waals surface area contributed by atoms with Crippen LogP contribution < -0.4 is 10.5 Å². The summed E-state index contributed by atoms with van der Waals surface area (Å²) >= 11 is 7.14. The third-order valence-corrected chi connectivity index (χ3v) is 4.84. The van der Waals surface area contributed by atoms with E-state index in [9.17, 15) is 0 Å². The van der Waals surface area contributed by atoms with E-state index in [1.807, 2.05) is 36.4 Å². The smallest absolute Gasteiger partial charge is 0.134 e. The highest BCUT2D eigenvalue weighted by atomic mass is 79.9. The van der Waals surface area contributed by atoms with Crippen LogP contribution in [0.4, 0.5) is 5.69 Å². The zero-order valence-corrected chi connectivity index (χ0v) is 14.3. The Balaban J connectivity index is 1.87. The van der Waals surface area contributed by atoms with Crippen LogP contribution in [-0.4, -0.2) is 0 Å². The largest absolute Gasteiger partial charge is 0.488 e. The van der Waals surface area contributed by atoms with E-state index in [4.69, 9.17) is 10.5 Å². The first kappa shape index (κ1) is 14.4. The van der Waals surface area contributed by atoms with Gasteiger partial charge in [-0.05, 0) is 44.9 Å². The lowest BCUT2D eigenvalue weighted by Crippen LogP contribution is -1.98. The second kappa shape index (κ2) is 6.08. The van der Waals surface area contributed by atoms with Crippen molar-refractivity contribution >= 4 is 48.3 Å². The molecule has 0 saturated carbocycles. The molecule has 0 radical (unpaired) electrons. The molecule has 106 valence electrons. The highest BCUT2D eigenvalue weighted by Crippen LogP contribution is 2.34. The number of nitrogens with two attached hydrogens (primary N) is 1. The van der Waals surface area contributed by atoms with Crippen molar-refractivity contribution in [3.8, 4) is 5.75 Å². The molecule has 0 aliphatic carbocycles. The summed E-state index contributed by atoms with van der Waals surface area (Å²) in [7, 11) is 0. The minimum absolute atomic E-state index is 0.484. The van der Waals surface area contributed by atoms with E-state index in [0.717, 1.165) is 31.3 Å². The molecular weight excluding hydrogens is 394 g/mol. The Hall–Kier alpha value is -1.52. The molecule has 0 atom stereocenters. The summed E-state index contributed by atoms with van der Waals surface area (Å²) in [6, 6.07) is 18.0. The van der Waals surface area contributed by atoms with Crippen LogP contribution >= 0.6 is 31.9 Å². The van der Waals surface area contributed by atoms with Gasteiger partial charge in [-0.25, -0.2) is 0 Å². The molecule has 0 heterocycles. The van der Waals surface area contributed by atoms with Crippen molar-refractivity contribution in [3.63, 3.8) is 0 Å². The molecule has 2 nitrogen and oxygen atoms in total. The van der Waals surface area contributed by atoms with Crippen molar-refractivity contribution < 1.29 is 4.74 Å². The van der Waals surface area contributed by atoms with Crippen LogP contribution in [0.25, 0.3) is 10.8 Å². The molecule has 3 rings (SSSR count). The summed E-state index contributed by atoms with van der Waals surface area (Å²) in [6.07, 6.45) is 0. The number of hydrogen-bond acceptors (Lipinski definition) is 2. The van der Waals surface area contributed by atoms with Gasteiger partial charge in [-0.2, -0.15) is 0 Å². The van der Waals surface area contributed by atoms with Crippen LogP contribution in [0.3, 0.4) is 0 Å². The average Bonchev–Trinajstić information content (AvgIpc) is 2.48. The number of benzene rings is 3. The van der Waals surface area contributed by atoms with Gasteiger partial charge in [0.2, 0.25) is 0 Å². The Morgan fingerprint density at radius 2 is 1.76 bits per heavy atom. The fourth-order valence-corrected chi connectivity index (χ4v) is 3.28. The molecule has 3 aromatic carbocycles. The number of rotatable bonds is 3. The van der Waals surface area contributed by atoms with Crippen molar-refractivity contribution in [2.75, 3.05) is 5.73 Å². The fourth-order valence-electron chi connectivity index (χ4n) is 2.16. The van der Waals surface area contributed by atoms with E-state index in [-0.39, 0.29) is 0 Å². The normalized spacial score (nSPS) is 10.8. The third-order valence-electron chi connectivity index (χ3n) is 3.29. The number of fused-ring (bicyclic) bond motifs is 1. The predicted octanol–water partition coefficient (Wildman–Crippen LogP) is 5.53. The second-order valence-electron chi connectivity index (χ2n) is 4.74. The van der Waals surface area contributed by atoms with Crippen LogP contribution in [0.1, 0.15) is 5.56 Å². The van der Waals surface area contributed by atoms with Gasteiger partial charge in [0.1, 0.15) is 12.4 Å². The predicted molar refractivity (Wildman–Crippen MR) is 94.5 cm³/mol. The molecule has 0 amide bonds. The second-order valence-corrected chi connectivity index (χ2v) is 6.39. The van der Waals surface area contributed by atoms with Crippen molar-refractivity contribution in [1.29, 1.82) is 0 Å². The van der Waals surface area contributed by atoms with E-state index in [0.29, 0.717) is 6.61 Å². The van der Waals surface area contributed by atoms with E-state index in [1.54, 1.807) is 0 Å². The lowest BCUT2D eigenvalue weighted by molar-refractivity contribution is 0.304. The molecule has 0 fully saturated rings. The summed E-state index contributed by atoms with van der Waals surface area (Å²) in [5.41, 5.74) is 7.54. The van der Waals surface area contributed by atoms with Crippen LogP contribution in [-0.2, 0) is 6.61 Å². The average molecular weight is 407 g/mol. The summed E-state index contributed by atoms with van der Waals surface area (Å²) in [4.78, 5) is 0. The Bertz CT molecular complexity index is 802. The highest BCUT2D eigenvalue weighted by molar-refractivity contribution is 9.11. The monoisotopic (exact) mass is 405 g/mol. The number of nitrogen functional groups attached to an aromatic ring is 1. The van der Waals surface area contributed by atoms with E-state index >= 15 is 0 Å². The van der Waals surface area contributed by atoms with E-state index < -0.39 is 0 Å². The van der Waals surface area contributed by atoms with Gasteiger partial charge in [0.15, 0.2) is 0 Å². The Labute approximate surface area is 140 Å². The molecule has 2 N–H and O–H groups in total. The summed E-state index contributed by atoms with van der Waals surface area (Å²) < 4.78 is 7.87. The molecule has 0 aromatic heterocycles. The van der Waals surface area contributed by atoms with Gasteiger partial charge in [-0.3, -0.25) is 0 Å². The molecule has 0 unspecified atom stereocenters. The maximum absolute atomic E-state index is 5.93. The van der Waals surface area contributed by atoms with Gasteiger partial charge in [0.05, 0.1) is 4.47 Å². The molecule has 0 bridgehead atoms. The summed E-state index contributed by atoms with van der Waals surface area (Å²) in [6.45, 7) is 0.484. The molecule has 21 heavy (non-hydrogen) atoms. The molecule has 0 aliphatic rings. The van der Waals surface area contributed by atoms with Gasteiger partial charge in [0.25, 0.3) is 0 Å². The zero-order chi connectivity index (χ0) is 14.8. The Kier molecular flexibility index (Phi) is 4.17. The molecule has 0 spiro atoms. The van der Waals surface area contributed by atoms with Crippen molar-refractivity contribution in [1.82, 2.24) is 0 Å². The quantitative estimate of drug-likeness (QED) is 0.580. The SMILES string of the molecule is Nc1ccc(COc2ccc3ccccc3c2Br)c(Br)c1. The maximum Gasteiger partial charge on any atom is 0.134 e. The minimum atomic E-state index is 0.484. The van der Waals surface area contributed by atoms with Crippen LogP contribution in [0.2, 0.25) is 0 Å². The van der Waals surface area contributed by atoms with Crippen molar-refractivity contribution in [2.24, 2.45) is 0 Å². The van der Waals surface area contributed by atoms with Gasteiger partial charge in [-0.1, -0.05) is 52.3 Å². The first-order valence-corrected chi connectivity index (χ1v) is 8.08. The number of anilines is 1. The van der Waals surface area contributed by atoms with E-state index in [2.05, 4.69) is 50.1 Å². The fraction of sp³-hybridized carbons (Fsp3) is 0.0588. The Morgan fingerprint density at radius 1 is 0.952 bits per heavy atom. The number of halogens is 2. The molecule has 3 aromatic rings. The molecular formula is C17H13Br2NO. The molecule has 0 aliphatic heterocycles. The van der Waals surface area contributed by atoms with Gasteiger partial charge in [0, 0.05) is 15.7 Å². The standard InChI is InChI=1S/C17H13Br2NO/c18-15-9-13(20)7-5-12(15)10-21-16-8-6-11-3-1-2-4-14(11)17(16)19/h1-9H,10,20H2. The molecule has 4 heteroatoms. The van der Waals surface area contributed by atoms with Crippen molar-refractivity contribution in [2.45, 2.75) is 6.61 Å².